The average Bonchev–Trinajstić information content (AvgIpc) is 2.69. The molecule has 0 atom stereocenters. The molecule has 0 unspecified atom stereocenters. The number of hydrogen-bond acceptors (Lipinski definition) is 6. The summed E-state index contributed by atoms with van der Waals surface area (Å²) >= 11 is 0. The third-order valence-electron chi connectivity index (χ3n) is 4.64. The molecule has 0 saturated carbocycles. The van der Waals surface area contributed by atoms with Crippen molar-refractivity contribution in [3.05, 3.63) is 71.1 Å². The van der Waals surface area contributed by atoms with E-state index in [0.717, 1.165) is 17.3 Å². The van der Waals surface area contributed by atoms with Crippen molar-refractivity contribution in [3.8, 4) is 5.75 Å². The fraction of sp³-hybridized carbons (Fsp3) is 0.0952. The molecular formula is C21H18N2O5S. The highest BCUT2D eigenvalue weighted by molar-refractivity contribution is 7.93. The van der Waals surface area contributed by atoms with Gasteiger partial charge in [-0.05, 0) is 30.3 Å². The molecule has 3 aromatic carbocycles. The van der Waals surface area contributed by atoms with Crippen LogP contribution in [0.25, 0.3) is 21.7 Å². The Balaban J connectivity index is 1.83. The molecule has 0 bridgehead atoms. The minimum Gasteiger partial charge on any atom is -0.502 e. The van der Waals surface area contributed by atoms with E-state index in [2.05, 4.69) is 4.72 Å². The molecule has 0 aliphatic rings. The van der Waals surface area contributed by atoms with Gasteiger partial charge in [-0.3, -0.25) is 9.52 Å². The molecule has 8 heteroatoms. The van der Waals surface area contributed by atoms with Gasteiger partial charge in [0.25, 0.3) is 10.0 Å². The molecular weight excluding hydrogens is 392 g/mol. The Kier molecular flexibility index (Phi) is 4.43. The summed E-state index contributed by atoms with van der Waals surface area (Å²) < 4.78 is 33.9. The Hall–Kier alpha value is -3.52. The van der Waals surface area contributed by atoms with Crippen LogP contribution < -0.4 is 15.1 Å². The van der Waals surface area contributed by atoms with Gasteiger partial charge in [-0.1, -0.05) is 24.3 Å². The smallest absolute Gasteiger partial charge is 0.262 e. The fourth-order valence-electron chi connectivity index (χ4n) is 3.28. The van der Waals surface area contributed by atoms with Crippen molar-refractivity contribution in [1.82, 2.24) is 0 Å². The molecule has 4 rings (SSSR count). The van der Waals surface area contributed by atoms with Crippen molar-refractivity contribution in [3.63, 3.8) is 0 Å². The molecule has 0 radical (unpaired) electrons. The van der Waals surface area contributed by atoms with Gasteiger partial charge in [0.1, 0.15) is 11.8 Å². The van der Waals surface area contributed by atoms with Gasteiger partial charge in [0.05, 0.1) is 10.3 Å². The maximum absolute atomic E-state index is 13.1. The number of nitrogens with one attached hydrogen (secondary N) is 1. The second-order valence-corrected chi connectivity index (χ2v) is 8.44. The van der Waals surface area contributed by atoms with Crippen molar-refractivity contribution in [1.29, 1.82) is 0 Å². The monoisotopic (exact) mass is 410 g/mol. The van der Waals surface area contributed by atoms with Gasteiger partial charge in [0, 0.05) is 36.2 Å². The highest BCUT2D eigenvalue weighted by atomic mass is 32.2. The summed E-state index contributed by atoms with van der Waals surface area (Å²) in [6, 6.07) is 14.9. The third kappa shape index (κ3) is 3.27. The summed E-state index contributed by atoms with van der Waals surface area (Å²) in [6.07, 6.45) is 0.951. The molecule has 7 nitrogen and oxygen atoms in total. The van der Waals surface area contributed by atoms with Gasteiger partial charge in [0.2, 0.25) is 5.43 Å². The van der Waals surface area contributed by atoms with E-state index in [4.69, 9.17) is 4.42 Å². The van der Waals surface area contributed by atoms with Crippen molar-refractivity contribution in [2.75, 3.05) is 23.7 Å². The minimum atomic E-state index is -3.94. The molecule has 0 saturated heterocycles. The van der Waals surface area contributed by atoms with Crippen molar-refractivity contribution in [2.24, 2.45) is 0 Å². The summed E-state index contributed by atoms with van der Waals surface area (Å²) in [4.78, 5) is 14.1. The Bertz CT molecular complexity index is 1410. The zero-order chi connectivity index (χ0) is 20.8. The number of benzene rings is 3. The molecule has 29 heavy (non-hydrogen) atoms. The quantitative estimate of drug-likeness (QED) is 0.534. The predicted molar refractivity (Wildman–Crippen MR) is 113 cm³/mol. The van der Waals surface area contributed by atoms with Gasteiger partial charge in [-0.2, -0.15) is 0 Å². The normalized spacial score (nSPS) is 11.7. The zero-order valence-corrected chi connectivity index (χ0v) is 16.5. The van der Waals surface area contributed by atoms with E-state index in [1.165, 1.54) is 24.3 Å². The fourth-order valence-corrected chi connectivity index (χ4v) is 4.56. The Morgan fingerprint density at radius 1 is 0.966 bits per heavy atom. The van der Waals surface area contributed by atoms with E-state index in [-0.39, 0.29) is 21.6 Å². The minimum absolute atomic E-state index is 0.0815. The molecule has 0 aliphatic carbocycles. The van der Waals surface area contributed by atoms with E-state index < -0.39 is 21.2 Å². The van der Waals surface area contributed by atoms with Crippen LogP contribution in [0.2, 0.25) is 0 Å². The highest BCUT2D eigenvalue weighted by Gasteiger charge is 2.19. The van der Waals surface area contributed by atoms with Crippen LogP contribution in [-0.4, -0.2) is 27.6 Å². The van der Waals surface area contributed by atoms with E-state index in [1.54, 1.807) is 18.2 Å². The van der Waals surface area contributed by atoms with Crippen molar-refractivity contribution >= 4 is 43.1 Å². The first kappa shape index (κ1) is 18.8. The number of aromatic hydroxyl groups is 1. The maximum atomic E-state index is 13.1. The lowest BCUT2D eigenvalue weighted by molar-refractivity contribution is 0.442. The third-order valence-corrected chi connectivity index (χ3v) is 6.08. The first-order valence-electron chi connectivity index (χ1n) is 8.74. The zero-order valence-electron chi connectivity index (χ0n) is 15.7. The van der Waals surface area contributed by atoms with E-state index in [0.29, 0.717) is 5.39 Å². The number of sulfonamides is 1. The van der Waals surface area contributed by atoms with E-state index >= 15 is 0 Å². The highest BCUT2D eigenvalue weighted by Crippen LogP contribution is 2.31. The van der Waals surface area contributed by atoms with Gasteiger partial charge >= 0.3 is 0 Å². The summed E-state index contributed by atoms with van der Waals surface area (Å²) in [5, 5.41) is 11.0. The van der Waals surface area contributed by atoms with Crippen molar-refractivity contribution in [2.45, 2.75) is 4.90 Å². The second kappa shape index (κ2) is 6.82. The second-order valence-electron chi connectivity index (χ2n) is 6.79. The number of hydrogen-bond donors (Lipinski definition) is 2. The van der Waals surface area contributed by atoms with Crippen molar-refractivity contribution < 1.29 is 17.9 Å². The number of fused-ring (bicyclic) bond motifs is 2. The number of rotatable bonds is 4. The van der Waals surface area contributed by atoms with Crippen LogP contribution in [0.15, 0.2) is 75.0 Å². The average molecular weight is 410 g/mol. The van der Waals surface area contributed by atoms with E-state index in [1.807, 2.05) is 31.1 Å². The largest absolute Gasteiger partial charge is 0.502 e. The number of nitrogens with zero attached hydrogens (tertiary/aromatic N) is 1. The SMILES string of the molecule is CN(C)c1cccc2c(S(=O)(=O)Nc3ccc4occ(O)c(=O)c4c3)cccc12. The molecule has 148 valence electrons. The summed E-state index contributed by atoms with van der Waals surface area (Å²) in [5.74, 6) is -0.539. The molecule has 4 aromatic rings. The topological polar surface area (TPSA) is 99.8 Å². The first-order chi connectivity index (χ1) is 13.8. The molecule has 0 amide bonds. The lowest BCUT2D eigenvalue weighted by atomic mass is 10.1. The number of anilines is 2. The summed E-state index contributed by atoms with van der Waals surface area (Å²) in [6.45, 7) is 0. The molecule has 0 spiro atoms. The molecule has 1 aromatic heterocycles. The summed E-state index contributed by atoms with van der Waals surface area (Å²) in [7, 11) is -0.151. The van der Waals surface area contributed by atoms with Crippen LogP contribution in [-0.2, 0) is 10.0 Å². The standard InChI is InChI=1S/C21H18N2O5S/c1-23(2)17-7-3-6-15-14(17)5-4-8-20(15)29(26,27)22-13-9-10-19-16(11-13)21(25)18(24)12-28-19/h3-12,22,24H,1-2H3. The van der Waals surface area contributed by atoms with E-state index in [9.17, 15) is 18.3 Å². The lowest BCUT2D eigenvalue weighted by Gasteiger charge is -2.17. The molecule has 0 aliphatic heterocycles. The lowest BCUT2D eigenvalue weighted by Crippen LogP contribution is -2.14. The van der Waals surface area contributed by atoms with Gasteiger partial charge < -0.3 is 14.4 Å². The Labute approximate surface area is 166 Å². The Morgan fingerprint density at radius 3 is 2.45 bits per heavy atom. The maximum Gasteiger partial charge on any atom is 0.262 e. The van der Waals surface area contributed by atoms with Gasteiger partial charge in [-0.25, -0.2) is 8.42 Å². The van der Waals surface area contributed by atoms with Crippen LogP contribution >= 0.6 is 0 Å². The molecule has 1 heterocycles. The van der Waals surface area contributed by atoms with Crippen LogP contribution in [0.4, 0.5) is 11.4 Å². The van der Waals surface area contributed by atoms with Crippen LogP contribution in [0, 0.1) is 0 Å². The Morgan fingerprint density at radius 2 is 1.69 bits per heavy atom. The molecule has 2 N–H and O–H groups in total. The molecule has 0 fully saturated rings. The predicted octanol–water partition coefficient (Wildman–Crippen LogP) is 3.52. The van der Waals surface area contributed by atoms with Crippen LogP contribution in [0.5, 0.6) is 5.75 Å². The van der Waals surface area contributed by atoms with Crippen LogP contribution in [0.3, 0.4) is 0 Å². The first-order valence-corrected chi connectivity index (χ1v) is 10.2. The van der Waals surface area contributed by atoms with Crippen LogP contribution in [0.1, 0.15) is 0 Å². The van der Waals surface area contributed by atoms with Gasteiger partial charge in [0.15, 0.2) is 5.75 Å². The van der Waals surface area contributed by atoms with Gasteiger partial charge in [-0.15, -0.1) is 0 Å². The summed E-state index contributed by atoms with van der Waals surface area (Å²) in [5.41, 5.74) is 0.708.